The first-order valence-corrected chi connectivity index (χ1v) is 18.8. The van der Waals surface area contributed by atoms with Crippen molar-refractivity contribution in [3.8, 4) is 0 Å². The van der Waals surface area contributed by atoms with Crippen LogP contribution in [0.5, 0.6) is 0 Å². The molecule has 50 heavy (non-hydrogen) atoms. The molecule has 0 bridgehead atoms. The van der Waals surface area contributed by atoms with E-state index in [9.17, 15) is 0 Å². The predicted octanol–water partition coefficient (Wildman–Crippen LogP) is 4.90. The largest absolute Gasteiger partial charge is 0.652 e. The van der Waals surface area contributed by atoms with Gasteiger partial charge in [-0.05, 0) is 101 Å². The van der Waals surface area contributed by atoms with E-state index in [2.05, 4.69) is 153 Å². The molecule has 0 saturated heterocycles. The van der Waals surface area contributed by atoms with Gasteiger partial charge in [0, 0.05) is 12.8 Å². The van der Waals surface area contributed by atoms with Crippen LogP contribution in [0.15, 0.2) is 97.1 Å². The second kappa shape index (κ2) is 23.5. The van der Waals surface area contributed by atoms with Crippen LogP contribution in [0.25, 0.3) is 0 Å². The fourth-order valence-corrected chi connectivity index (χ4v) is 6.64. The molecule has 4 aromatic rings. The minimum absolute atomic E-state index is 0.614. The number of hydrogen-bond acceptors (Lipinski definition) is 3. The van der Waals surface area contributed by atoms with Crippen LogP contribution in [0.1, 0.15) is 96.9 Å². The summed E-state index contributed by atoms with van der Waals surface area (Å²) in [6.45, 7) is 11.5. The van der Waals surface area contributed by atoms with E-state index in [0.29, 0.717) is 11.8 Å². The third-order valence-corrected chi connectivity index (χ3v) is 9.56. The summed E-state index contributed by atoms with van der Waals surface area (Å²) in [5, 5.41) is 16.7. The second-order valence-corrected chi connectivity index (χ2v) is 14.0. The fourth-order valence-electron chi connectivity index (χ4n) is 6.64. The molecule has 272 valence electrons. The molecule has 5 heteroatoms. The zero-order valence-corrected chi connectivity index (χ0v) is 32.2. The molecular formula is C45H64N2O3. The van der Waals surface area contributed by atoms with Crippen molar-refractivity contribution in [3.63, 3.8) is 0 Å². The van der Waals surface area contributed by atoms with Gasteiger partial charge in [0.2, 0.25) is 0 Å². The molecule has 2 N–H and O–H groups in total. The van der Waals surface area contributed by atoms with E-state index in [-0.39, 0.29) is 0 Å². The number of quaternary nitrogens is 2. The average Bonchev–Trinajstić information content (AvgIpc) is 3.12. The number of hydrogen-bond donors (Lipinski definition) is 2. The number of aryl methyl sites for hydroxylation is 4. The Hall–Kier alpha value is -3.93. The van der Waals surface area contributed by atoms with Gasteiger partial charge in [0.1, 0.15) is 0 Å². The van der Waals surface area contributed by atoms with Crippen LogP contribution >= 0.6 is 0 Å². The molecule has 0 aromatic heterocycles. The highest BCUT2D eigenvalue weighted by Crippen LogP contribution is 2.28. The lowest BCUT2D eigenvalue weighted by Crippen LogP contribution is -3.05. The Balaban J connectivity index is 0.000000313. The molecule has 0 amide bonds. The summed E-state index contributed by atoms with van der Waals surface area (Å²) in [6.07, 6.45) is 6.97. The molecule has 4 rings (SSSR count). The van der Waals surface area contributed by atoms with Gasteiger partial charge in [-0.1, -0.05) is 125 Å². The third-order valence-electron chi connectivity index (χ3n) is 9.56. The monoisotopic (exact) mass is 680 g/mol. The van der Waals surface area contributed by atoms with Gasteiger partial charge in [0.15, 0.2) is 0 Å². The van der Waals surface area contributed by atoms with Gasteiger partial charge in [0.05, 0.1) is 41.3 Å². The van der Waals surface area contributed by atoms with Crippen molar-refractivity contribution < 1.29 is 24.8 Å². The molecule has 2 unspecified atom stereocenters. The van der Waals surface area contributed by atoms with E-state index in [1.807, 2.05) is 0 Å². The maximum Gasteiger partial charge on any atom is 0.0772 e. The van der Waals surface area contributed by atoms with Gasteiger partial charge < -0.3 is 24.8 Å². The van der Waals surface area contributed by atoms with Crippen molar-refractivity contribution in [2.75, 3.05) is 41.3 Å². The van der Waals surface area contributed by atoms with Crippen LogP contribution in [0.3, 0.4) is 0 Å². The quantitative estimate of drug-likeness (QED) is 0.177. The van der Waals surface area contributed by atoms with Crippen LogP contribution in [0, 0.1) is 0 Å². The van der Waals surface area contributed by atoms with Crippen LogP contribution in [-0.2, 0) is 38.5 Å². The summed E-state index contributed by atoms with van der Waals surface area (Å²) in [5.41, 5.74) is 12.0. The first-order chi connectivity index (χ1) is 24.0. The zero-order valence-electron chi connectivity index (χ0n) is 32.2. The lowest BCUT2D eigenvalue weighted by molar-refractivity contribution is -0.858. The number of nitrogens with one attached hydrogen (secondary N) is 2. The fraction of sp³-hybridized carbons (Fsp3) is 0.444. The van der Waals surface area contributed by atoms with Crippen LogP contribution in [-0.4, -0.2) is 47.4 Å². The third kappa shape index (κ3) is 15.7. The molecule has 0 saturated carbocycles. The van der Waals surface area contributed by atoms with Gasteiger partial charge in [-0.25, -0.2) is 0 Å². The predicted molar refractivity (Wildman–Crippen MR) is 206 cm³/mol. The minimum atomic E-state index is -2.33. The Labute approximate surface area is 304 Å². The summed E-state index contributed by atoms with van der Waals surface area (Å²) < 4.78 is 0. The smallest absolute Gasteiger partial charge is 0.0772 e. The average molecular weight is 681 g/mol. The highest BCUT2D eigenvalue weighted by Gasteiger charge is 2.17. The van der Waals surface area contributed by atoms with Crippen LogP contribution < -0.4 is 20.0 Å². The van der Waals surface area contributed by atoms with Gasteiger partial charge in [-0.3, -0.25) is 0 Å². The molecular weight excluding hydrogens is 617 g/mol. The first-order valence-electron chi connectivity index (χ1n) is 18.8. The Bertz CT molecular complexity index is 1390. The summed E-state index contributed by atoms with van der Waals surface area (Å²) >= 11 is 0. The number of benzene rings is 4. The van der Waals surface area contributed by atoms with Gasteiger partial charge >= 0.3 is 0 Å². The van der Waals surface area contributed by atoms with Crippen molar-refractivity contribution in [2.24, 2.45) is 0 Å². The SMILES string of the molecule is CCc1ccc(C(CC[NH+](C)C)Cc2ccccc2)cc1CC.CCc1ccc(C(CC[NH+](C)C)Cc2ccccc2)cc1CC.O=C([O-])[O-]. The van der Waals surface area contributed by atoms with Crippen molar-refractivity contribution >= 4 is 6.16 Å². The van der Waals surface area contributed by atoms with E-state index < -0.39 is 6.16 Å². The lowest BCUT2D eigenvalue weighted by Gasteiger charge is -2.20. The number of carbonyl (C=O) groups excluding carboxylic acids is 1. The van der Waals surface area contributed by atoms with Crippen molar-refractivity contribution in [1.82, 2.24) is 0 Å². The highest BCUT2D eigenvalue weighted by atomic mass is 16.6. The Morgan fingerprint density at radius 1 is 0.520 bits per heavy atom. The molecule has 0 fully saturated rings. The first kappa shape index (κ1) is 42.2. The Kier molecular flexibility index (Phi) is 19.8. The van der Waals surface area contributed by atoms with E-state index in [0.717, 1.165) is 38.5 Å². The topological polar surface area (TPSA) is 72.1 Å². The molecule has 4 aromatic carbocycles. The highest BCUT2D eigenvalue weighted by molar-refractivity contribution is 5.47. The van der Waals surface area contributed by atoms with Gasteiger partial charge in [0.25, 0.3) is 0 Å². The molecule has 5 nitrogen and oxygen atoms in total. The number of carboxylic acid groups (broad SMARTS) is 2. The summed E-state index contributed by atoms with van der Waals surface area (Å²) in [5.74, 6) is 1.23. The maximum absolute atomic E-state index is 8.33. The molecule has 0 aliphatic rings. The van der Waals surface area contributed by atoms with E-state index in [4.69, 9.17) is 15.0 Å². The van der Waals surface area contributed by atoms with E-state index in [1.54, 1.807) is 0 Å². The van der Waals surface area contributed by atoms with Crippen LogP contribution in [0.4, 0.5) is 4.79 Å². The second-order valence-electron chi connectivity index (χ2n) is 14.0. The molecule has 0 aliphatic heterocycles. The molecule has 0 radical (unpaired) electrons. The van der Waals surface area contributed by atoms with E-state index >= 15 is 0 Å². The molecule has 0 aliphatic carbocycles. The normalized spacial score (nSPS) is 12.0. The summed E-state index contributed by atoms with van der Waals surface area (Å²) in [4.78, 5) is 11.4. The zero-order chi connectivity index (χ0) is 36.9. The summed E-state index contributed by atoms with van der Waals surface area (Å²) in [6, 6.07) is 36.3. The molecule has 0 spiro atoms. The van der Waals surface area contributed by atoms with Gasteiger partial charge in [-0.2, -0.15) is 0 Å². The van der Waals surface area contributed by atoms with Crippen molar-refractivity contribution in [3.05, 3.63) is 142 Å². The maximum atomic E-state index is 8.33. The minimum Gasteiger partial charge on any atom is -0.652 e. The Morgan fingerprint density at radius 2 is 0.840 bits per heavy atom. The summed E-state index contributed by atoms with van der Waals surface area (Å²) in [7, 11) is 8.99. The number of carbonyl (C=O) groups is 1. The number of rotatable bonds is 16. The van der Waals surface area contributed by atoms with Crippen molar-refractivity contribution in [2.45, 2.75) is 90.9 Å². The standard InChI is InChI=1S/2C22H31N.CH2O3/c2*1-5-19-12-13-21(17-20(19)6-2)22(14-15-23(3)4)16-18-10-8-7-9-11-18;2-1(3)4/h2*7-13,17,22H,5-6,14-16H2,1-4H3;(H2,2,3,4). The molecule has 2 atom stereocenters. The lowest BCUT2D eigenvalue weighted by atomic mass is 9.86. The molecule has 0 heterocycles. The Morgan fingerprint density at radius 3 is 1.12 bits per heavy atom. The van der Waals surface area contributed by atoms with Crippen LogP contribution in [0.2, 0.25) is 0 Å². The van der Waals surface area contributed by atoms with Crippen molar-refractivity contribution in [1.29, 1.82) is 0 Å². The van der Waals surface area contributed by atoms with E-state index in [1.165, 1.54) is 80.2 Å². The van der Waals surface area contributed by atoms with Gasteiger partial charge in [-0.15, -0.1) is 0 Å².